The number of anilines is 1. The lowest BCUT2D eigenvalue weighted by Crippen LogP contribution is -2.20. The van der Waals surface area contributed by atoms with E-state index in [4.69, 9.17) is 9.47 Å². The molecule has 0 heterocycles. The van der Waals surface area contributed by atoms with Crippen LogP contribution in [0.1, 0.15) is 13.8 Å². The Morgan fingerprint density at radius 1 is 1.35 bits per heavy atom. The SMILES string of the molecule is CCOCC(C)OCCNc1ccccc1F. The van der Waals surface area contributed by atoms with E-state index in [1.54, 1.807) is 18.2 Å². The number of hydrogen-bond acceptors (Lipinski definition) is 3. The third-order valence-electron chi connectivity index (χ3n) is 2.25. The number of halogens is 1. The molecular formula is C13H20FNO2. The van der Waals surface area contributed by atoms with Crippen LogP contribution in [0, 0.1) is 5.82 Å². The smallest absolute Gasteiger partial charge is 0.146 e. The van der Waals surface area contributed by atoms with Gasteiger partial charge in [0.05, 0.1) is 25.0 Å². The highest BCUT2D eigenvalue weighted by atomic mass is 19.1. The fourth-order valence-electron chi connectivity index (χ4n) is 1.38. The van der Waals surface area contributed by atoms with Gasteiger partial charge in [0.1, 0.15) is 5.82 Å². The summed E-state index contributed by atoms with van der Waals surface area (Å²) in [6.07, 6.45) is 0.0670. The van der Waals surface area contributed by atoms with Crippen molar-refractivity contribution in [3.63, 3.8) is 0 Å². The van der Waals surface area contributed by atoms with Crippen molar-refractivity contribution in [2.45, 2.75) is 20.0 Å². The summed E-state index contributed by atoms with van der Waals surface area (Å²) in [6.45, 7) is 6.31. The van der Waals surface area contributed by atoms with Crippen LogP contribution in [-0.2, 0) is 9.47 Å². The average molecular weight is 241 g/mol. The lowest BCUT2D eigenvalue weighted by molar-refractivity contribution is 0.000859. The first-order valence-electron chi connectivity index (χ1n) is 5.91. The molecule has 0 radical (unpaired) electrons. The van der Waals surface area contributed by atoms with Crippen molar-refractivity contribution >= 4 is 5.69 Å². The van der Waals surface area contributed by atoms with Crippen LogP contribution < -0.4 is 5.32 Å². The first-order valence-corrected chi connectivity index (χ1v) is 5.91. The highest BCUT2D eigenvalue weighted by Crippen LogP contribution is 2.11. The predicted octanol–water partition coefficient (Wildman–Crippen LogP) is 2.68. The molecule has 0 spiro atoms. The molecule has 17 heavy (non-hydrogen) atoms. The van der Waals surface area contributed by atoms with Crippen LogP contribution in [0.25, 0.3) is 0 Å². The number of rotatable bonds is 8. The van der Waals surface area contributed by atoms with Gasteiger partial charge in [-0.25, -0.2) is 4.39 Å². The van der Waals surface area contributed by atoms with Crippen LogP contribution in [0.15, 0.2) is 24.3 Å². The Balaban J connectivity index is 2.14. The second kappa shape index (κ2) is 8.03. The van der Waals surface area contributed by atoms with Crippen molar-refractivity contribution in [1.82, 2.24) is 0 Å². The Morgan fingerprint density at radius 3 is 2.82 bits per heavy atom. The van der Waals surface area contributed by atoms with E-state index >= 15 is 0 Å². The molecule has 0 saturated heterocycles. The van der Waals surface area contributed by atoms with Gasteiger partial charge in [0.25, 0.3) is 0 Å². The van der Waals surface area contributed by atoms with Crippen molar-refractivity contribution in [1.29, 1.82) is 0 Å². The van der Waals surface area contributed by atoms with Gasteiger partial charge in [-0.2, -0.15) is 0 Å². The van der Waals surface area contributed by atoms with Crippen molar-refractivity contribution in [3.05, 3.63) is 30.1 Å². The summed E-state index contributed by atoms with van der Waals surface area (Å²) in [7, 11) is 0. The lowest BCUT2D eigenvalue weighted by Gasteiger charge is -2.13. The molecule has 1 aromatic carbocycles. The minimum absolute atomic E-state index is 0.0670. The van der Waals surface area contributed by atoms with Gasteiger partial charge in [-0.15, -0.1) is 0 Å². The zero-order valence-electron chi connectivity index (χ0n) is 10.4. The highest BCUT2D eigenvalue weighted by molar-refractivity contribution is 5.44. The average Bonchev–Trinajstić information content (AvgIpc) is 2.34. The molecule has 1 rings (SSSR count). The van der Waals surface area contributed by atoms with Gasteiger partial charge < -0.3 is 14.8 Å². The van der Waals surface area contributed by atoms with E-state index in [9.17, 15) is 4.39 Å². The Morgan fingerprint density at radius 2 is 2.12 bits per heavy atom. The van der Waals surface area contributed by atoms with Gasteiger partial charge in [0, 0.05) is 13.2 Å². The molecule has 96 valence electrons. The number of para-hydroxylation sites is 1. The molecule has 1 unspecified atom stereocenters. The molecule has 0 bridgehead atoms. The van der Waals surface area contributed by atoms with E-state index in [-0.39, 0.29) is 11.9 Å². The molecule has 0 saturated carbocycles. The molecule has 0 aliphatic rings. The zero-order chi connectivity index (χ0) is 12.5. The summed E-state index contributed by atoms with van der Waals surface area (Å²) in [5.74, 6) is -0.241. The molecule has 0 aromatic heterocycles. The van der Waals surface area contributed by atoms with Crippen LogP contribution in [0.4, 0.5) is 10.1 Å². The third-order valence-corrected chi connectivity index (χ3v) is 2.25. The van der Waals surface area contributed by atoms with Gasteiger partial charge in [-0.05, 0) is 26.0 Å². The van der Waals surface area contributed by atoms with E-state index in [1.165, 1.54) is 6.07 Å². The quantitative estimate of drug-likeness (QED) is 0.710. The zero-order valence-corrected chi connectivity index (χ0v) is 10.4. The summed E-state index contributed by atoms with van der Waals surface area (Å²) >= 11 is 0. The summed E-state index contributed by atoms with van der Waals surface area (Å²) in [6, 6.07) is 6.60. The molecule has 0 aliphatic carbocycles. The van der Waals surface area contributed by atoms with Gasteiger partial charge >= 0.3 is 0 Å². The lowest BCUT2D eigenvalue weighted by atomic mass is 10.3. The second-order valence-electron chi connectivity index (χ2n) is 3.75. The summed E-state index contributed by atoms with van der Waals surface area (Å²) < 4.78 is 23.9. The Labute approximate surface area is 102 Å². The topological polar surface area (TPSA) is 30.5 Å². The number of benzene rings is 1. The summed E-state index contributed by atoms with van der Waals surface area (Å²) in [5, 5.41) is 2.98. The van der Waals surface area contributed by atoms with E-state index in [1.807, 2.05) is 13.8 Å². The monoisotopic (exact) mass is 241 g/mol. The molecule has 0 amide bonds. The molecule has 3 nitrogen and oxygen atoms in total. The Hall–Kier alpha value is -1.13. The van der Waals surface area contributed by atoms with Crippen LogP contribution in [0.3, 0.4) is 0 Å². The Kier molecular flexibility index (Phi) is 6.58. The van der Waals surface area contributed by atoms with Crippen molar-refractivity contribution in [3.8, 4) is 0 Å². The van der Waals surface area contributed by atoms with Crippen LogP contribution >= 0.6 is 0 Å². The second-order valence-corrected chi connectivity index (χ2v) is 3.75. The third kappa shape index (κ3) is 5.65. The predicted molar refractivity (Wildman–Crippen MR) is 66.8 cm³/mol. The van der Waals surface area contributed by atoms with Crippen molar-refractivity contribution in [2.24, 2.45) is 0 Å². The molecule has 0 aliphatic heterocycles. The summed E-state index contributed by atoms with van der Waals surface area (Å²) in [4.78, 5) is 0. The standard InChI is InChI=1S/C13H20FNO2/c1-3-16-10-11(2)17-9-8-15-13-7-5-4-6-12(13)14/h4-7,11,15H,3,8-10H2,1-2H3. The minimum Gasteiger partial charge on any atom is -0.380 e. The minimum atomic E-state index is -0.241. The van der Waals surface area contributed by atoms with Crippen molar-refractivity contribution < 1.29 is 13.9 Å². The first-order chi connectivity index (χ1) is 8.24. The van der Waals surface area contributed by atoms with Crippen LogP contribution in [0.5, 0.6) is 0 Å². The fourth-order valence-corrected chi connectivity index (χ4v) is 1.38. The maximum absolute atomic E-state index is 13.2. The maximum Gasteiger partial charge on any atom is 0.146 e. The first kappa shape index (κ1) is 13.9. The molecule has 1 aromatic rings. The van der Waals surface area contributed by atoms with E-state index in [2.05, 4.69) is 5.32 Å². The molecule has 1 atom stereocenters. The number of ether oxygens (including phenoxy) is 2. The molecule has 1 N–H and O–H groups in total. The van der Waals surface area contributed by atoms with Gasteiger partial charge in [-0.1, -0.05) is 12.1 Å². The number of nitrogens with one attached hydrogen (secondary N) is 1. The summed E-state index contributed by atoms with van der Waals surface area (Å²) in [5.41, 5.74) is 0.508. The van der Waals surface area contributed by atoms with E-state index < -0.39 is 0 Å². The van der Waals surface area contributed by atoms with Gasteiger partial charge in [-0.3, -0.25) is 0 Å². The van der Waals surface area contributed by atoms with Gasteiger partial charge in [0.15, 0.2) is 0 Å². The largest absolute Gasteiger partial charge is 0.380 e. The molecular weight excluding hydrogens is 221 g/mol. The van der Waals surface area contributed by atoms with Crippen molar-refractivity contribution in [2.75, 3.05) is 31.7 Å². The van der Waals surface area contributed by atoms with Crippen LogP contribution in [-0.4, -0.2) is 32.5 Å². The molecule has 4 heteroatoms. The normalized spacial score (nSPS) is 12.4. The maximum atomic E-state index is 13.2. The number of hydrogen-bond donors (Lipinski definition) is 1. The van der Waals surface area contributed by atoms with E-state index in [0.717, 1.165) is 0 Å². The van der Waals surface area contributed by atoms with E-state index in [0.29, 0.717) is 32.1 Å². The van der Waals surface area contributed by atoms with Gasteiger partial charge in [0.2, 0.25) is 0 Å². The van der Waals surface area contributed by atoms with Crippen LogP contribution in [0.2, 0.25) is 0 Å². The Bertz CT molecular complexity index is 320. The molecule has 0 fully saturated rings. The fraction of sp³-hybridized carbons (Fsp3) is 0.538. The highest BCUT2D eigenvalue weighted by Gasteiger charge is 2.02.